The number of amides is 1. The first-order valence-corrected chi connectivity index (χ1v) is 6.37. The first-order chi connectivity index (χ1) is 8.08. The van der Waals surface area contributed by atoms with Crippen LogP contribution in [0.5, 0.6) is 0 Å². The summed E-state index contributed by atoms with van der Waals surface area (Å²) in [4.78, 5) is 14.1. The van der Waals surface area contributed by atoms with Gasteiger partial charge in [-0.2, -0.15) is 0 Å². The molecule has 2 rings (SSSR count). The maximum atomic E-state index is 12.2. The van der Waals surface area contributed by atoms with E-state index in [0.29, 0.717) is 17.8 Å². The largest absolute Gasteiger partial charge is 0.398 e. The fourth-order valence-corrected chi connectivity index (χ4v) is 2.18. The topological polar surface area (TPSA) is 46.3 Å². The Balaban J connectivity index is 2.17. The number of anilines is 1. The number of nitrogen functional groups attached to an aromatic ring is 1. The minimum Gasteiger partial charge on any atom is -0.398 e. The molecule has 0 spiro atoms. The summed E-state index contributed by atoms with van der Waals surface area (Å²) in [5.41, 5.74) is 8.39. The predicted octanol–water partition coefficient (Wildman–Crippen LogP) is 2.82. The lowest BCUT2D eigenvalue weighted by Crippen LogP contribution is -2.34. The Bertz CT molecular complexity index is 482. The molecule has 2 N–H and O–H groups in total. The molecule has 1 aliphatic rings. The van der Waals surface area contributed by atoms with Crippen molar-refractivity contribution in [3.8, 4) is 0 Å². The molecule has 1 aromatic rings. The predicted molar refractivity (Wildman–Crippen MR) is 72.8 cm³/mol. The average Bonchev–Trinajstić information content (AvgIpc) is 2.33. The van der Waals surface area contributed by atoms with Gasteiger partial charge in [0.05, 0.1) is 0 Å². The lowest BCUT2D eigenvalue weighted by atomic mass is 10.1. The Hall–Kier alpha value is -1.29. The van der Waals surface area contributed by atoms with Gasteiger partial charge in [-0.1, -0.05) is 11.6 Å². The number of halogens is 1. The lowest BCUT2D eigenvalue weighted by Gasteiger charge is -2.25. The second kappa shape index (κ2) is 4.92. The van der Waals surface area contributed by atoms with Crippen molar-refractivity contribution in [2.75, 3.05) is 18.8 Å². The van der Waals surface area contributed by atoms with Gasteiger partial charge in [-0.3, -0.25) is 4.79 Å². The summed E-state index contributed by atoms with van der Waals surface area (Å²) in [6, 6.07) is 5.30. The maximum absolute atomic E-state index is 12.2. The van der Waals surface area contributed by atoms with Gasteiger partial charge in [0.25, 0.3) is 5.91 Å². The summed E-state index contributed by atoms with van der Waals surface area (Å²) in [5, 5.41) is 0. The normalized spacial score (nSPS) is 15.6. The molecule has 1 aliphatic heterocycles. The maximum Gasteiger partial charge on any atom is 0.254 e. The van der Waals surface area contributed by atoms with E-state index in [2.05, 4.69) is 28.9 Å². The first-order valence-electron chi connectivity index (χ1n) is 5.58. The van der Waals surface area contributed by atoms with Crippen LogP contribution in [0.15, 0.2) is 34.3 Å². The van der Waals surface area contributed by atoms with Gasteiger partial charge in [0.15, 0.2) is 0 Å². The van der Waals surface area contributed by atoms with Crippen molar-refractivity contribution in [2.24, 2.45) is 0 Å². The van der Waals surface area contributed by atoms with Crippen LogP contribution >= 0.6 is 15.9 Å². The number of carbonyl (C=O) groups is 1. The third-order valence-corrected chi connectivity index (χ3v) is 3.66. The third-order valence-electron chi connectivity index (χ3n) is 2.97. The van der Waals surface area contributed by atoms with Crippen molar-refractivity contribution in [2.45, 2.75) is 13.3 Å². The van der Waals surface area contributed by atoms with E-state index < -0.39 is 0 Å². The van der Waals surface area contributed by atoms with E-state index in [4.69, 9.17) is 5.73 Å². The molecule has 0 bridgehead atoms. The number of carbonyl (C=O) groups excluding carboxylic acids is 1. The standard InChI is InChI=1S/C13H15BrN2O/c1-9-4-6-16(7-5-9)13(17)10-2-3-12(15)11(14)8-10/h2-4,8H,5-7,15H2,1H3. The molecule has 0 saturated heterocycles. The highest BCUT2D eigenvalue weighted by atomic mass is 79.9. The van der Waals surface area contributed by atoms with Gasteiger partial charge in [-0.05, 0) is 47.5 Å². The van der Waals surface area contributed by atoms with Crippen LogP contribution in [-0.4, -0.2) is 23.9 Å². The van der Waals surface area contributed by atoms with Crippen molar-refractivity contribution in [3.05, 3.63) is 39.9 Å². The van der Waals surface area contributed by atoms with E-state index >= 15 is 0 Å². The van der Waals surface area contributed by atoms with Gasteiger partial charge in [0.1, 0.15) is 0 Å². The molecule has 0 fully saturated rings. The fourth-order valence-electron chi connectivity index (χ4n) is 1.80. The van der Waals surface area contributed by atoms with Gasteiger partial charge >= 0.3 is 0 Å². The molecule has 1 amide bonds. The minimum atomic E-state index is 0.0643. The summed E-state index contributed by atoms with van der Waals surface area (Å²) >= 11 is 3.34. The molecule has 0 aliphatic carbocycles. The summed E-state index contributed by atoms with van der Waals surface area (Å²) in [5.74, 6) is 0.0643. The van der Waals surface area contributed by atoms with Crippen molar-refractivity contribution >= 4 is 27.5 Å². The van der Waals surface area contributed by atoms with Crippen molar-refractivity contribution in [1.82, 2.24) is 4.90 Å². The smallest absolute Gasteiger partial charge is 0.254 e. The molecule has 90 valence electrons. The van der Waals surface area contributed by atoms with Crippen LogP contribution in [0.25, 0.3) is 0 Å². The number of benzene rings is 1. The number of hydrogen-bond donors (Lipinski definition) is 1. The number of nitrogens with zero attached hydrogens (tertiary/aromatic N) is 1. The van der Waals surface area contributed by atoms with E-state index in [0.717, 1.165) is 17.4 Å². The molecule has 0 atom stereocenters. The summed E-state index contributed by atoms with van der Waals surface area (Å²) in [7, 11) is 0. The summed E-state index contributed by atoms with van der Waals surface area (Å²) in [6.45, 7) is 3.59. The molecule has 0 aromatic heterocycles. The Morgan fingerprint density at radius 3 is 2.82 bits per heavy atom. The molecule has 0 unspecified atom stereocenters. The summed E-state index contributed by atoms with van der Waals surface area (Å²) in [6.07, 6.45) is 3.07. The first kappa shape index (κ1) is 12.2. The fraction of sp³-hybridized carbons (Fsp3) is 0.308. The zero-order valence-corrected chi connectivity index (χ0v) is 11.3. The van der Waals surface area contributed by atoms with Gasteiger partial charge in [0.2, 0.25) is 0 Å². The molecule has 4 heteroatoms. The number of rotatable bonds is 1. The summed E-state index contributed by atoms with van der Waals surface area (Å²) < 4.78 is 0.770. The van der Waals surface area contributed by atoms with E-state index in [1.165, 1.54) is 5.57 Å². The van der Waals surface area contributed by atoms with Gasteiger partial charge in [-0.25, -0.2) is 0 Å². The Morgan fingerprint density at radius 2 is 2.24 bits per heavy atom. The zero-order valence-electron chi connectivity index (χ0n) is 9.74. The molecule has 3 nitrogen and oxygen atoms in total. The van der Waals surface area contributed by atoms with E-state index in [1.54, 1.807) is 18.2 Å². The Morgan fingerprint density at radius 1 is 1.47 bits per heavy atom. The SMILES string of the molecule is CC1=CCN(C(=O)c2ccc(N)c(Br)c2)CC1. The van der Waals surface area contributed by atoms with Crippen LogP contribution in [-0.2, 0) is 0 Å². The molecule has 0 radical (unpaired) electrons. The van der Waals surface area contributed by atoms with E-state index in [1.807, 2.05) is 4.90 Å². The molecular weight excluding hydrogens is 280 g/mol. The van der Waals surface area contributed by atoms with Crippen molar-refractivity contribution in [3.63, 3.8) is 0 Å². The number of nitrogens with two attached hydrogens (primary N) is 1. The van der Waals surface area contributed by atoms with E-state index in [9.17, 15) is 4.79 Å². The minimum absolute atomic E-state index is 0.0643. The molecular formula is C13H15BrN2O. The Labute approximate surface area is 109 Å². The number of hydrogen-bond acceptors (Lipinski definition) is 2. The van der Waals surface area contributed by atoms with Crippen LogP contribution in [0.4, 0.5) is 5.69 Å². The lowest BCUT2D eigenvalue weighted by molar-refractivity contribution is 0.0769. The van der Waals surface area contributed by atoms with Crippen LogP contribution in [0.3, 0.4) is 0 Å². The van der Waals surface area contributed by atoms with Crippen LogP contribution < -0.4 is 5.73 Å². The zero-order chi connectivity index (χ0) is 12.4. The Kier molecular flexibility index (Phi) is 3.52. The average molecular weight is 295 g/mol. The molecule has 0 saturated carbocycles. The van der Waals surface area contributed by atoms with Gasteiger partial charge in [-0.15, -0.1) is 0 Å². The van der Waals surface area contributed by atoms with Gasteiger partial charge in [0, 0.05) is 28.8 Å². The molecule has 1 heterocycles. The highest BCUT2D eigenvalue weighted by Crippen LogP contribution is 2.22. The third kappa shape index (κ3) is 2.69. The van der Waals surface area contributed by atoms with Crippen LogP contribution in [0.2, 0.25) is 0 Å². The quantitative estimate of drug-likeness (QED) is 0.639. The van der Waals surface area contributed by atoms with Crippen molar-refractivity contribution in [1.29, 1.82) is 0 Å². The van der Waals surface area contributed by atoms with Crippen molar-refractivity contribution < 1.29 is 4.79 Å². The molecule has 1 aromatic carbocycles. The monoisotopic (exact) mass is 294 g/mol. The highest BCUT2D eigenvalue weighted by Gasteiger charge is 2.17. The van der Waals surface area contributed by atoms with Crippen LogP contribution in [0.1, 0.15) is 23.7 Å². The van der Waals surface area contributed by atoms with Crippen LogP contribution in [0, 0.1) is 0 Å². The highest BCUT2D eigenvalue weighted by molar-refractivity contribution is 9.10. The van der Waals surface area contributed by atoms with E-state index in [-0.39, 0.29) is 5.91 Å². The molecule has 17 heavy (non-hydrogen) atoms. The second-order valence-electron chi connectivity index (χ2n) is 4.29. The second-order valence-corrected chi connectivity index (χ2v) is 5.14. The van der Waals surface area contributed by atoms with Gasteiger partial charge < -0.3 is 10.6 Å².